The normalized spacial score (nSPS) is 15.8. The van der Waals surface area contributed by atoms with Gasteiger partial charge >= 0.3 is 0 Å². The third-order valence-corrected chi connectivity index (χ3v) is 12.5. The molecule has 0 saturated heterocycles. The van der Waals surface area contributed by atoms with E-state index in [1.165, 1.54) is 55.2 Å². The van der Waals surface area contributed by atoms with Crippen LogP contribution in [0.4, 0.5) is 0 Å². The number of aromatic nitrogens is 3. The molecular weight excluding hydrogens is 699 g/mol. The molecule has 264 valence electrons. The van der Waals surface area contributed by atoms with Gasteiger partial charge in [0.05, 0.1) is 27.3 Å². The van der Waals surface area contributed by atoms with Crippen molar-refractivity contribution in [2.24, 2.45) is 0 Å². The summed E-state index contributed by atoms with van der Waals surface area (Å²) in [5.41, 5.74) is 15.1. The predicted octanol–water partition coefficient (Wildman–Crippen LogP) is 13.5. The lowest BCUT2D eigenvalue weighted by molar-refractivity contribution is 0.846. The molecule has 11 rings (SSSR count). The zero-order valence-electron chi connectivity index (χ0n) is 30.5. The van der Waals surface area contributed by atoms with Gasteiger partial charge in [-0.05, 0) is 69.8 Å². The minimum absolute atomic E-state index is 0.0764. The SMILES string of the molecule is C1=CC2Sc3c(-c4cccc(-c5ccccc5)c4)nc(-c4ccccc4)nc3C2C(c2cccc(-c3cccc4c3c3ccccc3n4-c3ccccc3)c2)=C1. The minimum Gasteiger partial charge on any atom is -0.309 e. The molecular formula is C52H35N3S. The minimum atomic E-state index is 0.0764. The largest absolute Gasteiger partial charge is 0.309 e. The van der Waals surface area contributed by atoms with Crippen LogP contribution in [-0.4, -0.2) is 19.8 Å². The van der Waals surface area contributed by atoms with Gasteiger partial charge in [0, 0.05) is 38.8 Å². The summed E-state index contributed by atoms with van der Waals surface area (Å²) in [6.07, 6.45) is 6.88. The molecule has 1 aliphatic heterocycles. The number of thioether (sulfide) groups is 1. The fourth-order valence-electron chi connectivity index (χ4n) is 8.65. The summed E-state index contributed by atoms with van der Waals surface area (Å²) in [5.74, 6) is 0.836. The highest BCUT2D eigenvalue weighted by Crippen LogP contribution is 2.55. The molecule has 0 saturated carbocycles. The molecule has 2 aliphatic rings. The molecule has 3 heterocycles. The summed E-state index contributed by atoms with van der Waals surface area (Å²) < 4.78 is 2.39. The first-order chi connectivity index (χ1) is 27.8. The number of hydrogen-bond donors (Lipinski definition) is 0. The Hall–Kier alpha value is -6.75. The van der Waals surface area contributed by atoms with E-state index in [1.54, 1.807) is 0 Å². The second kappa shape index (κ2) is 13.5. The molecule has 2 aromatic heterocycles. The van der Waals surface area contributed by atoms with Crippen molar-refractivity contribution in [2.75, 3.05) is 0 Å². The van der Waals surface area contributed by atoms with Crippen LogP contribution in [0.15, 0.2) is 205 Å². The fourth-order valence-corrected chi connectivity index (χ4v) is 10.1. The number of rotatable bonds is 6. The van der Waals surface area contributed by atoms with Crippen LogP contribution in [0.5, 0.6) is 0 Å². The van der Waals surface area contributed by atoms with Crippen LogP contribution in [0.25, 0.3) is 78.0 Å². The monoisotopic (exact) mass is 733 g/mol. The van der Waals surface area contributed by atoms with Crippen molar-refractivity contribution in [3.63, 3.8) is 0 Å². The van der Waals surface area contributed by atoms with Gasteiger partial charge in [-0.2, -0.15) is 0 Å². The van der Waals surface area contributed by atoms with Gasteiger partial charge in [-0.1, -0.05) is 164 Å². The Morgan fingerprint density at radius 3 is 1.95 bits per heavy atom. The van der Waals surface area contributed by atoms with E-state index in [2.05, 4.69) is 199 Å². The lowest BCUT2D eigenvalue weighted by Gasteiger charge is -2.24. The summed E-state index contributed by atoms with van der Waals surface area (Å²) in [6.45, 7) is 0. The maximum Gasteiger partial charge on any atom is 0.160 e. The fraction of sp³-hybridized carbons (Fsp3) is 0.0385. The Morgan fingerprint density at radius 2 is 1.12 bits per heavy atom. The van der Waals surface area contributed by atoms with E-state index in [-0.39, 0.29) is 11.2 Å². The Labute approximate surface area is 330 Å². The maximum absolute atomic E-state index is 5.43. The Bertz CT molecular complexity index is 3000. The number of hydrogen-bond acceptors (Lipinski definition) is 3. The van der Waals surface area contributed by atoms with Crippen LogP contribution >= 0.6 is 11.8 Å². The smallest absolute Gasteiger partial charge is 0.160 e. The van der Waals surface area contributed by atoms with Gasteiger partial charge in [0.25, 0.3) is 0 Å². The second-order valence-corrected chi connectivity index (χ2v) is 15.6. The lowest BCUT2D eigenvalue weighted by atomic mass is 9.83. The van der Waals surface area contributed by atoms with Gasteiger partial charge in [-0.3, -0.25) is 0 Å². The number of benzene rings is 7. The standard InChI is InChI=1S/C52H35N3S/c1-4-16-34(17-5-1)36-20-12-23-39(32-36)49-51-50(54-52(53-49)35-18-6-2-7-19-35)48-42(28-15-31-46(48)56-51)38-22-13-21-37(33-38)41-27-14-30-45-47(41)43-26-10-11-29-44(43)55(45)40-24-8-3-9-25-40/h1-33,46,48H. The van der Waals surface area contributed by atoms with Crippen LogP contribution < -0.4 is 0 Å². The molecule has 2 unspecified atom stereocenters. The zero-order valence-corrected chi connectivity index (χ0v) is 31.3. The molecule has 0 amide bonds. The van der Waals surface area contributed by atoms with Gasteiger partial charge in [0.15, 0.2) is 5.82 Å². The highest BCUT2D eigenvalue weighted by molar-refractivity contribution is 8.00. The van der Waals surface area contributed by atoms with Gasteiger partial charge < -0.3 is 4.57 Å². The molecule has 0 bridgehead atoms. The molecule has 1 aliphatic carbocycles. The molecule has 9 aromatic rings. The van der Waals surface area contributed by atoms with Crippen LogP contribution in [-0.2, 0) is 0 Å². The average molecular weight is 734 g/mol. The van der Waals surface area contributed by atoms with Crippen molar-refractivity contribution >= 4 is 39.1 Å². The Kier molecular flexibility index (Phi) is 7.89. The molecule has 0 radical (unpaired) electrons. The van der Waals surface area contributed by atoms with Gasteiger partial charge in [-0.25, -0.2) is 9.97 Å². The van der Waals surface area contributed by atoms with Crippen molar-refractivity contribution in [2.45, 2.75) is 16.1 Å². The lowest BCUT2D eigenvalue weighted by Crippen LogP contribution is -2.14. The summed E-state index contributed by atoms with van der Waals surface area (Å²) in [6, 6.07) is 65.1. The molecule has 7 aromatic carbocycles. The third kappa shape index (κ3) is 5.44. The van der Waals surface area contributed by atoms with E-state index >= 15 is 0 Å². The number of nitrogens with zero attached hydrogens (tertiary/aromatic N) is 3. The number of fused-ring (bicyclic) bond motifs is 6. The van der Waals surface area contributed by atoms with E-state index in [1.807, 2.05) is 17.8 Å². The van der Waals surface area contributed by atoms with Gasteiger partial charge in [0.1, 0.15) is 0 Å². The van der Waals surface area contributed by atoms with E-state index in [0.717, 1.165) is 38.9 Å². The zero-order chi connectivity index (χ0) is 37.0. The van der Waals surface area contributed by atoms with E-state index in [4.69, 9.17) is 9.97 Å². The molecule has 4 heteroatoms. The summed E-state index contributed by atoms with van der Waals surface area (Å²) in [7, 11) is 0. The van der Waals surface area contributed by atoms with E-state index in [0.29, 0.717) is 0 Å². The van der Waals surface area contributed by atoms with Crippen molar-refractivity contribution < 1.29 is 0 Å². The van der Waals surface area contributed by atoms with Crippen molar-refractivity contribution in [3.05, 3.63) is 211 Å². The average Bonchev–Trinajstić information content (AvgIpc) is 3.83. The quantitative estimate of drug-likeness (QED) is 0.170. The van der Waals surface area contributed by atoms with Gasteiger partial charge in [0.2, 0.25) is 0 Å². The van der Waals surface area contributed by atoms with Crippen LogP contribution in [0, 0.1) is 0 Å². The molecule has 0 spiro atoms. The molecule has 0 N–H and O–H groups in total. The van der Waals surface area contributed by atoms with Crippen molar-refractivity contribution in [1.29, 1.82) is 0 Å². The topological polar surface area (TPSA) is 30.7 Å². The van der Waals surface area contributed by atoms with E-state index in [9.17, 15) is 0 Å². The molecule has 2 atom stereocenters. The van der Waals surface area contributed by atoms with Crippen LogP contribution in [0.1, 0.15) is 17.2 Å². The van der Waals surface area contributed by atoms with Crippen molar-refractivity contribution in [3.8, 4) is 50.6 Å². The first-order valence-electron chi connectivity index (χ1n) is 19.2. The second-order valence-electron chi connectivity index (χ2n) is 14.5. The first-order valence-corrected chi connectivity index (χ1v) is 20.0. The number of para-hydroxylation sites is 2. The highest BCUT2D eigenvalue weighted by atomic mass is 32.2. The van der Waals surface area contributed by atoms with Crippen molar-refractivity contribution in [1.82, 2.24) is 14.5 Å². The molecule has 3 nitrogen and oxygen atoms in total. The van der Waals surface area contributed by atoms with E-state index < -0.39 is 0 Å². The number of allylic oxidation sites excluding steroid dienone is 3. The Morgan fingerprint density at radius 1 is 0.500 bits per heavy atom. The van der Waals surface area contributed by atoms with Crippen LogP contribution in [0.3, 0.4) is 0 Å². The van der Waals surface area contributed by atoms with Gasteiger partial charge in [-0.15, -0.1) is 11.8 Å². The molecule has 0 fully saturated rings. The summed E-state index contributed by atoms with van der Waals surface area (Å²) in [5, 5.41) is 2.73. The summed E-state index contributed by atoms with van der Waals surface area (Å²) in [4.78, 5) is 11.9. The summed E-state index contributed by atoms with van der Waals surface area (Å²) >= 11 is 1.89. The highest BCUT2D eigenvalue weighted by Gasteiger charge is 2.40. The van der Waals surface area contributed by atoms with Crippen LogP contribution in [0.2, 0.25) is 0 Å². The molecule has 56 heavy (non-hydrogen) atoms. The third-order valence-electron chi connectivity index (χ3n) is 11.2. The maximum atomic E-state index is 5.43. The predicted molar refractivity (Wildman–Crippen MR) is 234 cm³/mol. The first kappa shape index (κ1) is 32.7. The Balaban J connectivity index is 1.05.